The molecular weight excluding hydrogens is 228 g/mol. The minimum absolute atomic E-state index is 0.0666. The van der Waals surface area contributed by atoms with Gasteiger partial charge in [-0.15, -0.1) is 0 Å². The lowest BCUT2D eigenvalue weighted by molar-refractivity contribution is -0.158. The quantitative estimate of drug-likeness (QED) is 0.361. The monoisotopic (exact) mass is 246 g/mol. The second-order valence-corrected chi connectivity index (χ2v) is 3.64. The van der Waals surface area contributed by atoms with E-state index < -0.39 is 23.8 Å². The summed E-state index contributed by atoms with van der Waals surface area (Å²) in [6.07, 6.45) is 1.84. The summed E-state index contributed by atoms with van der Waals surface area (Å²) in [6.45, 7) is 1.77. The summed E-state index contributed by atoms with van der Waals surface area (Å²) in [6, 6.07) is 0. The molecule has 17 heavy (non-hydrogen) atoms. The minimum atomic E-state index is -1.19. The molecule has 6 heteroatoms. The predicted molar refractivity (Wildman–Crippen MR) is 58.5 cm³/mol. The van der Waals surface area contributed by atoms with Crippen LogP contribution in [0.15, 0.2) is 0 Å². The molecule has 0 aliphatic heterocycles. The average Bonchev–Trinajstić information content (AvgIpc) is 2.22. The van der Waals surface area contributed by atoms with Crippen LogP contribution in [0.1, 0.15) is 39.0 Å². The second-order valence-electron chi connectivity index (χ2n) is 3.64. The summed E-state index contributed by atoms with van der Waals surface area (Å²) in [5.74, 6) is -3.93. The SMILES string of the molecule is CCOC(=O)C(CCCCCC(=O)O)C(=O)O. The molecule has 0 aliphatic rings. The molecule has 0 aromatic rings. The Labute approximate surface area is 99.6 Å². The number of ether oxygens (including phenoxy) is 1. The van der Waals surface area contributed by atoms with Gasteiger partial charge in [-0.25, -0.2) is 0 Å². The van der Waals surface area contributed by atoms with Gasteiger partial charge in [-0.05, 0) is 19.8 Å². The number of rotatable bonds is 9. The van der Waals surface area contributed by atoms with Gasteiger partial charge in [0.15, 0.2) is 5.92 Å². The van der Waals surface area contributed by atoms with Crippen molar-refractivity contribution in [3.63, 3.8) is 0 Å². The molecule has 2 N–H and O–H groups in total. The van der Waals surface area contributed by atoms with Crippen molar-refractivity contribution in [2.75, 3.05) is 6.61 Å². The summed E-state index contributed by atoms with van der Waals surface area (Å²) in [5, 5.41) is 17.2. The fourth-order valence-corrected chi connectivity index (χ4v) is 1.39. The molecule has 98 valence electrons. The predicted octanol–water partition coefficient (Wildman–Crippen LogP) is 1.29. The molecular formula is C11H18O6. The first-order chi connectivity index (χ1) is 7.99. The van der Waals surface area contributed by atoms with E-state index in [9.17, 15) is 14.4 Å². The Morgan fingerprint density at radius 1 is 1.12 bits per heavy atom. The van der Waals surface area contributed by atoms with Crippen LogP contribution in [0.4, 0.5) is 0 Å². The van der Waals surface area contributed by atoms with E-state index in [2.05, 4.69) is 4.74 Å². The number of carbonyl (C=O) groups is 3. The molecule has 1 unspecified atom stereocenters. The number of hydrogen-bond acceptors (Lipinski definition) is 4. The molecule has 0 saturated heterocycles. The lowest BCUT2D eigenvalue weighted by Gasteiger charge is -2.10. The number of aliphatic carboxylic acids is 2. The molecule has 0 aliphatic carbocycles. The van der Waals surface area contributed by atoms with E-state index in [-0.39, 0.29) is 19.4 Å². The lowest BCUT2D eigenvalue weighted by Crippen LogP contribution is -2.25. The maximum absolute atomic E-state index is 11.3. The van der Waals surface area contributed by atoms with Gasteiger partial charge in [0.25, 0.3) is 0 Å². The topological polar surface area (TPSA) is 101 Å². The molecule has 0 saturated carbocycles. The molecule has 0 fully saturated rings. The van der Waals surface area contributed by atoms with Crippen molar-refractivity contribution >= 4 is 17.9 Å². The van der Waals surface area contributed by atoms with Crippen LogP contribution in [0.3, 0.4) is 0 Å². The van der Waals surface area contributed by atoms with Crippen molar-refractivity contribution in [1.29, 1.82) is 0 Å². The molecule has 6 nitrogen and oxygen atoms in total. The lowest BCUT2D eigenvalue weighted by atomic mass is 10.0. The maximum Gasteiger partial charge on any atom is 0.320 e. The Bertz CT molecular complexity index is 273. The van der Waals surface area contributed by atoms with E-state index >= 15 is 0 Å². The molecule has 0 aromatic carbocycles. The van der Waals surface area contributed by atoms with E-state index in [1.54, 1.807) is 6.92 Å². The fraction of sp³-hybridized carbons (Fsp3) is 0.727. The van der Waals surface area contributed by atoms with E-state index in [1.165, 1.54) is 0 Å². The van der Waals surface area contributed by atoms with E-state index in [1.807, 2.05) is 0 Å². The summed E-state index contributed by atoms with van der Waals surface area (Å²) < 4.78 is 4.65. The van der Waals surface area contributed by atoms with Crippen molar-refractivity contribution in [3.05, 3.63) is 0 Å². The first-order valence-electron chi connectivity index (χ1n) is 5.60. The van der Waals surface area contributed by atoms with E-state index in [0.29, 0.717) is 19.3 Å². The summed E-state index contributed by atoms with van der Waals surface area (Å²) in [4.78, 5) is 32.3. The summed E-state index contributed by atoms with van der Waals surface area (Å²) in [7, 11) is 0. The van der Waals surface area contributed by atoms with Gasteiger partial charge in [-0.1, -0.05) is 12.8 Å². The zero-order valence-corrected chi connectivity index (χ0v) is 9.85. The number of carbonyl (C=O) groups excluding carboxylic acids is 1. The van der Waals surface area contributed by atoms with Crippen molar-refractivity contribution < 1.29 is 29.3 Å². The number of carboxylic acid groups (broad SMARTS) is 2. The minimum Gasteiger partial charge on any atom is -0.481 e. The average molecular weight is 246 g/mol. The van der Waals surface area contributed by atoms with Crippen molar-refractivity contribution in [3.8, 4) is 0 Å². The first kappa shape index (κ1) is 15.4. The summed E-state index contributed by atoms with van der Waals surface area (Å²) in [5.41, 5.74) is 0. The van der Waals surface area contributed by atoms with Gasteiger partial charge in [0.05, 0.1) is 6.61 Å². The normalized spacial score (nSPS) is 11.8. The summed E-state index contributed by atoms with van der Waals surface area (Å²) >= 11 is 0. The molecule has 0 spiro atoms. The fourth-order valence-electron chi connectivity index (χ4n) is 1.39. The highest BCUT2D eigenvalue weighted by Crippen LogP contribution is 2.13. The van der Waals surface area contributed by atoms with E-state index in [4.69, 9.17) is 10.2 Å². The first-order valence-corrected chi connectivity index (χ1v) is 5.60. The van der Waals surface area contributed by atoms with Crippen molar-refractivity contribution in [1.82, 2.24) is 0 Å². The third-order valence-electron chi connectivity index (χ3n) is 2.25. The van der Waals surface area contributed by atoms with Gasteiger partial charge in [-0.3, -0.25) is 14.4 Å². The van der Waals surface area contributed by atoms with Crippen LogP contribution in [-0.2, 0) is 19.1 Å². The largest absolute Gasteiger partial charge is 0.481 e. The standard InChI is InChI=1S/C11H18O6/c1-2-17-11(16)8(10(14)15)6-4-3-5-7-9(12)13/h8H,2-7H2,1H3,(H,12,13)(H,14,15). The Hall–Kier alpha value is -1.59. The van der Waals surface area contributed by atoms with Gasteiger partial charge < -0.3 is 14.9 Å². The van der Waals surface area contributed by atoms with Crippen LogP contribution in [0, 0.1) is 5.92 Å². The van der Waals surface area contributed by atoms with Crippen LogP contribution in [-0.4, -0.2) is 34.7 Å². The van der Waals surface area contributed by atoms with Crippen molar-refractivity contribution in [2.45, 2.75) is 39.0 Å². The third-order valence-corrected chi connectivity index (χ3v) is 2.25. The van der Waals surface area contributed by atoms with Crippen LogP contribution < -0.4 is 0 Å². The Morgan fingerprint density at radius 2 is 1.76 bits per heavy atom. The molecule has 0 amide bonds. The van der Waals surface area contributed by atoms with Crippen LogP contribution in [0.5, 0.6) is 0 Å². The molecule has 0 aromatic heterocycles. The molecule has 1 atom stereocenters. The Morgan fingerprint density at radius 3 is 2.24 bits per heavy atom. The van der Waals surface area contributed by atoms with Gasteiger partial charge in [0.1, 0.15) is 0 Å². The highest BCUT2D eigenvalue weighted by atomic mass is 16.5. The van der Waals surface area contributed by atoms with Crippen LogP contribution in [0.25, 0.3) is 0 Å². The number of esters is 1. The number of hydrogen-bond donors (Lipinski definition) is 2. The highest BCUT2D eigenvalue weighted by Gasteiger charge is 2.26. The van der Waals surface area contributed by atoms with Gasteiger partial charge in [0, 0.05) is 6.42 Å². The molecule has 0 rings (SSSR count). The molecule has 0 heterocycles. The zero-order chi connectivity index (χ0) is 13.3. The smallest absolute Gasteiger partial charge is 0.320 e. The van der Waals surface area contributed by atoms with Crippen molar-refractivity contribution in [2.24, 2.45) is 5.92 Å². The van der Waals surface area contributed by atoms with E-state index in [0.717, 1.165) is 0 Å². The number of carboxylic acids is 2. The number of unbranched alkanes of at least 4 members (excludes halogenated alkanes) is 2. The Balaban J connectivity index is 3.90. The Kier molecular flexibility index (Phi) is 7.75. The van der Waals surface area contributed by atoms with Gasteiger partial charge >= 0.3 is 17.9 Å². The maximum atomic E-state index is 11.3. The van der Waals surface area contributed by atoms with Gasteiger partial charge in [0.2, 0.25) is 0 Å². The molecule has 0 bridgehead atoms. The zero-order valence-electron chi connectivity index (χ0n) is 9.85. The van der Waals surface area contributed by atoms with Crippen LogP contribution in [0.2, 0.25) is 0 Å². The third kappa shape index (κ3) is 7.32. The second kappa shape index (κ2) is 8.55. The highest BCUT2D eigenvalue weighted by molar-refractivity contribution is 5.93. The van der Waals surface area contributed by atoms with Crippen LogP contribution >= 0.6 is 0 Å². The molecule has 0 radical (unpaired) electrons. The van der Waals surface area contributed by atoms with Gasteiger partial charge in [-0.2, -0.15) is 0 Å².